The fourth-order valence-corrected chi connectivity index (χ4v) is 3.42. The summed E-state index contributed by atoms with van der Waals surface area (Å²) in [5.74, 6) is 1.62. The van der Waals surface area contributed by atoms with Gasteiger partial charge in [-0.3, -0.25) is 9.78 Å². The Hall–Kier alpha value is -2.56. The molecule has 1 aromatic carbocycles. The molecule has 3 heterocycles. The molecule has 124 valence electrons. The van der Waals surface area contributed by atoms with Crippen molar-refractivity contribution >= 4 is 5.91 Å². The molecule has 2 aliphatic heterocycles. The Balaban J connectivity index is 1.49. The van der Waals surface area contributed by atoms with Crippen molar-refractivity contribution in [1.29, 1.82) is 0 Å². The Morgan fingerprint density at radius 1 is 1.17 bits per heavy atom. The number of nitrogens with zero attached hydrogens (tertiary/aromatic N) is 2. The zero-order valence-electron chi connectivity index (χ0n) is 13.5. The van der Waals surface area contributed by atoms with Crippen LogP contribution in [0.3, 0.4) is 0 Å². The van der Waals surface area contributed by atoms with Crippen LogP contribution in [-0.2, 0) is 11.2 Å². The highest BCUT2D eigenvalue weighted by atomic mass is 16.6. The van der Waals surface area contributed by atoms with Gasteiger partial charge in [-0.25, -0.2) is 0 Å². The van der Waals surface area contributed by atoms with E-state index in [4.69, 9.17) is 9.47 Å². The van der Waals surface area contributed by atoms with Gasteiger partial charge in [0, 0.05) is 12.7 Å². The van der Waals surface area contributed by atoms with Gasteiger partial charge in [0.1, 0.15) is 13.2 Å². The van der Waals surface area contributed by atoms with E-state index in [0.717, 1.165) is 42.1 Å². The van der Waals surface area contributed by atoms with Crippen molar-refractivity contribution < 1.29 is 14.3 Å². The van der Waals surface area contributed by atoms with Gasteiger partial charge in [0.2, 0.25) is 5.91 Å². The molecule has 1 saturated heterocycles. The Bertz CT molecular complexity index is 733. The fraction of sp³-hybridized carbons (Fsp3) is 0.368. The molecular formula is C19H20N2O3. The Kier molecular flexibility index (Phi) is 4.07. The van der Waals surface area contributed by atoms with Crippen LogP contribution in [0.25, 0.3) is 0 Å². The summed E-state index contributed by atoms with van der Waals surface area (Å²) >= 11 is 0. The van der Waals surface area contributed by atoms with Crippen LogP contribution in [0.2, 0.25) is 0 Å². The van der Waals surface area contributed by atoms with E-state index in [1.807, 2.05) is 41.3 Å². The molecule has 2 aromatic rings. The maximum atomic E-state index is 12.8. The zero-order chi connectivity index (χ0) is 16.4. The molecule has 0 radical (unpaired) electrons. The summed E-state index contributed by atoms with van der Waals surface area (Å²) < 4.78 is 11.1. The van der Waals surface area contributed by atoms with Crippen LogP contribution >= 0.6 is 0 Å². The van der Waals surface area contributed by atoms with Crippen LogP contribution < -0.4 is 9.47 Å². The summed E-state index contributed by atoms with van der Waals surface area (Å²) in [6.07, 6.45) is 4.16. The second-order valence-electron chi connectivity index (χ2n) is 6.15. The molecule has 0 N–H and O–H groups in total. The minimum Gasteiger partial charge on any atom is -0.486 e. The van der Waals surface area contributed by atoms with E-state index < -0.39 is 0 Å². The first-order valence-electron chi connectivity index (χ1n) is 8.40. The monoisotopic (exact) mass is 324 g/mol. The zero-order valence-corrected chi connectivity index (χ0v) is 13.5. The van der Waals surface area contributed by atoms with Gasteiger partial charge in [0.25, 0.3) is 0 Å². The molecule has 0 saturated carbocycles. The largest absolute Gasteiger partial charge is 0.486 e. The summed E-state index contributed by atoms with van der Waals surface area (Å²) in [7, 11) is 0. The van der Waals surface area contributed by atoms with Crippen LogP contribution in [0.5, 0.6) is 11.5 Å². The summed E-state index contributed by atoms with van der Waals surface area (Å²) in [5, 5.41) is 0. The van der Waals surface area contributed by atoms with E-state index in [1.54, 1.807) is 6.20 Å². The highest BCUT2D eigenvalue weighted by molar-refractivity contribution is 5.79. The topological polar surface area (TPSA) is 51.7 Å². The number of carbonyl (C=O) groups excluding carboxylic acids is 1. The summed E-state index contributed by atoms with van der Waals surface area (Å²) in [6, 6.07) is 11.7. The number of hydrogen-bond acceptors (Lipinski definition) is 4. The SMILES string of the molecule is O=C(Cc1ccc2c(c1)OCCO2)N1CCC[C@@H]1c1ccccn1. The summed E-state index contributed by atoms with van der Waals surface area (Å²) in [6.45, 7) is 1.92. The van der Waals surface area contributed by atoms with Crippen molar-refractivity contribution in [3.8, 4) is 11.5 Å². The molecule has 5 heteroatoms. The molecule has 1 fully saturated rings. The van der Waals surface area contributed by atoms with Crippen molar-refractivity contribution in [2.45, 2.75) is 25.3 Å². The first-order valence-corrected chi connectivity index (χ1v) is 8.40. The molecule has 1 amide bonds. The predicted molar refractivity (Wildman–Crippen MR) is 89.1 cm³/mol. The number of carbonyl (C=O) groups is 1. The average Bonchev–Trinajstić information content (AvgIpc) is 3.12. The van der Waals surface area contributed by atoms with Gasteiger partial charge in [0.05, 0.1) is 18.2 Å². The lowest BCUT2D eigenvalue weighted by molar-refractivity contribution is -0.131. The van der Waals surface area contributed by atoms with Crippen molar-refractivity contribution in [2.75, 3.05) is 19.8 Å². The highest BCUT2D eigenvalue weighted by Crippen LogP contribution is 2.33. The number of rotatable bonds is 3. The van der Waals surface area contributed by atoms with Crippen LogP contribution in [-0.4, -0.2) is 35.5 Å². The second kappa shape index (κ2) is 6.51. The van der Waals surface area contributed by atoms with Crippen LogP contribution in [0.4, 0.5) is 0 Å². The van der Waals surface area contributed by atoms with Crippen molar-refractivity contribution in [3.63, 3.8) is 0 Å². The number of aromatic nitrogens is 1. The number of amides is 1. The van der Waals surface area contributed by atoms with Crippen molar-refractivity contribution in [3.05, 3.63) is 53.9 Å². The van der Waals surface area contributed by atoms with Crippen LogP contribution in [0, 0.1) is 0 Å². The van der Waals surface area contributed by atoms with Gasteiger partial charge >= 0.3 is 0 Å². The maximum Gasteiger partial charge on any atom is 0.227 e. The molecule has 0 unspecified atom stereocenters. The lowest BCUT2D eigenvalue weighted by Gasteiger charge is -2.25. The van der Waals surface area contributed by atoms with Crippen LogP contribution in [0.1, 0.15) is 30.1 Å². The molecule has 4 rings (SSSR count). The maximum absolute atomic E-state index is 12.8. The first-order chi connectivity index (χ1) is 11.8. The van der Waals surface area contributed by atoms with E-state index in [1.165, 1.54) is 0 Å². The number of benzene rings is 1. The molecule has 5 nitrogen and oxygen atoms in total. The minimum atomic E-state index is 0.0934. The first kappa shape index (κ1) is 15.0. The van der Waals surface area contributed by atoms with Gasteiger partial charge in [-0.1, -0.05) is 12.1 Å². The molecule has 1 aromatic heterocycles. The average molecular weight is 324 g/mol. The standard InChI is InChI=1S/C19H20N2O3/c22-19(13-14-6-7-17-18(12-14)24-11-10-23-17)21-9-3-5-16(21)15-4-1-2-8-20-15/h1-2,4,6-8,12,16H,3,5,9-11,13H2/t16-/m1/s1. The van der Waals surface area contributed by atoms with Gasteiger partial charge in [-0.2, -0.15) is 0 Å². The third-order valence-electron chi connectivity index (χ3n) is 4.56. The molecule has 2 aliphatic rings. The quantitative estimate of drug-likeness (QED) is 0.871. The third-order valence-corrected chi connectivity index (χ3v) is 4.56. The minimum absolute atomic E-state index is 0.0934. The van der Waals surface area contributed by atoms with E-state index in [-0.39, 0.29) is 11.9 Å². The highest BCUT2D eigenvalue weighted by Gasteiger charge is 2.30. The Morgan fingerprint density at radius 2 is 2.04 bits per heavy atom. The molecule has 24 heavy (non-hydrogen) atoms. The second-order valence-corrected chi connectivity index (χ2v) is 6.15. The molecule has 1 atom stereocenters. The van der Waals surface area contributed by atoms with E-state index >= 15 is 0 Å². The molecule has 0 spiro atoms. The van der Waals surface area contributed by atoms with E-state index in [9.17, 15) is 4.79 Å². The van der Waals surface area contributed by atoms with Crippen molar-refractivity contribution in [2.24, 2.45) is 0 Å². The number of hydrogen-bond donors (Lipinski definition) is 0. The number of fused-ring (bicyclic) bond motifs is 1. The third kappa shape index (κ3) is 2.94. The van der Waals surface area contributed by atoms with Gasteiger partial charge < -0.3 is 14.4 Å². The Labute approximate surface area is 141 Å². The number of ether oxygens (including phenoxy) is 2. The van der Waals surface area contributed by atoms with Gasteiger partial charge in [-0.05, 0) is 42.7 Å². The number of pyridine rings is 1. The van der Waals surface area contributed by atoms with Crippen molar-refractivity contribution in [1.82, 2.24) is 9.88 Å². The summed E-state index contributed by atoms with van der Waals surface area (Å²) in [4.78, 5) is 19.2. The predicted octanol–water partition coefficient (Wildman–Crippen LogP) is 2.76. The smallest absolute Gasteiger partial charge is 0.227 e. The molecular weight excluding hydrogens is 304 g/mol. The molecule has 0 aliphatic carbocycles. The van der Waals surface area contributed by atoms with E-state index in [2.05, 4.69) is 4.98 Å². The summed E-state index contributed by atoms with van der Waals surface area (Å²) in [5.41, 5.74) is 1.93. The fourth-order valence-electron chi connectivity index (χ4n) is 3.42. The Morgan fingerprint density at radius 3 is 2.88 bits per heavy atom. The van der Waals surface area contributed by atoms with Gasteiger partial charge in [-0.15, -0.1) is 0 Å². The molecule has 0 bridgehead atoms. The van der Waals surface area contributed by atoms with E-state index in [0.29, 0.717) is 19.6 Å². The van der Waals surface area contributed by atoms with Gasteiger partial charge in [0.15, 0.2) is 11.5 Å². The lowest BCUT2D eigenvalue weighted by atomic mass is 10.1. The lowest BCUT2D eigenvalue weighted by Crippen LogP contribution is -2.32. The normalized spacial score (nSPS) is 19.3. The van der Waals surface area contributed by atoms with Crippen LogP contribution in [0.15, 0.2) is 42.6 Å². The number of likely N-dealkylation sites (tertiary alicyclic amines) is 1.